The van der Waals surface area contributed by atoms with Gasteiger partial charge in [0.1, 0.15) is 6.10 Å². The summed E-state index contributed by atoms with van der Waals surface area (Å²) in [7, 11) is -2.57. The van der Waals surface area contributed by atoms with E-state index in [4.69, 9.17) is 9.16 Å². The van der Waals surface area contributed by atoms with Crippen LogP contribution in [0, 0.1) is 11.8 Å². The summed E-state index contributed by atoms with van der Waals surface area (Å²) in [6.07, 6.45) is 3.30. The van der Waals surface area contributed by atoms with E-state index in [1.807, 2.05) is 6.08 Å². The molecule has 1 aliphatic heterocycles. The first-order valence-electron chi connectivity index (χ1n) is 10.4. The fourth-order valence-electron chi connectivity index (χ4n) is 4.37. The molecule has 2 aromatic carbocycles. The Balaban J connectivity index is 1.98. The molecule has 0 amide bonds. The van der Waals surface area contributed by atoms with Crippen molar-refractivity contribution in [2.45, 2.75) is 45.8 Å². The van der Waals surface area contributed by atoms with Gasteiger partial charge in [0.25, 0.3) is 8.32 Å². The van der Waals surface area contributed by atoms with Crippen molar-refractivity contribution in [1.82, 2.24) is 0 Å². The van der Waals surface area contributed by atoms with Crippen LogP contribution in [-0.4, -0.2) is 27.0 Å². The molecule has 0 aliphatic carbocycles. The molecule has 3 rings (SSSR count). The van der Waals surface area contributed by atoms with Crippen LogP contribution >= 0.6 is 0 Å². The molecule has 0 N–H and O–H groups in total. The Morgan fingerprint density at radius 1 is 1.00 bits per heavy atom. The van der Waals surface area contributed by atoms with Crippen LogP contribution in [0.2, 0.25) is 5.04 Å². The summed E-state index contributed by atoms with van der Waals surface area (Å²) in [5, 5.41) is 2.46. The lowest BCUT2D eigenvalue weighted by Gasteiger charge is -2.44. The summed E-state index contributed by atoms with van der Waals surface area (Å²) >= 11 is 0. The predicted molar refractivity (Wildman–Crippen MR) is 121 cm³/mol. The van der Waals surface area contributed by atoms with Gasteiger partial charge < -0.3 is 9.16 Å². The van der Waals surface area contributed by atoms with E-state index in [0.29, 0.717) is 6.61 Å². The molecule has 29 heavy (non-hydrogen) atoms. The summed E-state index contributed by atoms with van der Waals surface area (Å²) in [6, 6.07) is 21.2. The number of hydrogen-bond acceptors (Lipinski definition) is 3. The molecule has 1 aliphatic rings. The minimum atomic E-state index is -2.57. The van der Waals surface area contributed by atoms with Gasteiger partial charge in [-0.15, -0.1) is 0 Å². The van der Waals surface area contributed by atoms with Gasteiger partial charge in [-0.05, 0) is 15.4 Å². The van der Waals surface area contributed by atoms with E-state index in [1.54, 1.807) is 0 Å². The quantitative estimate of drug-likeness (QED) is 0.528. The second-order valence-corrected chi connectivity index (χ2v) is 13.4. The van der Waals surface area contributed by atoms with Gasteiger partial charge in [0.15, 0.2) is 0 Å². The molecule has 3 nitrogen and oxygen atoms in total. The normalized spacial score (nSPS) is 20.9. The maximum Gasteiger partial charge on any atom is 0.330 e. The highest BCUT2D eigenvalue weighted by Crippen LogP contribution is 2.37. The lowest BCUT2D eigenvalue weighted by atomic mass is 9.92. The van der Waals surface area contributed by atoms with E-state index in [2.05, 4.69) is 95.3 Å². The highest BCUT2D eigenvalue weighted by atomic mass is 28.4. The summed E-state index contributed by atoms with van der Waals surface area (Å²) in [4.78, 5) is 11.8. The average Bonchev–Trinajstić information content (AvgIpc) is 2.70. The van der Waals surface area contributed by atoms with Crippen LogP contribution in [0.1, 0.15) is 34.6 Å². The van der Waals surface area contributed by atoms with Gasteiger partial charge in [-0.3, -0.25) is 0 Å². The molecule has 0 fully saturated rings. The van der Waals surface area contributed by atoms with Crippen molar-refractivity contribution in [2.75, 3.05) is 6.61 Å². The van der Waals surface area contributed by atoms with Crippen LogP contribution in [0.25, 0.3) is 0 Å². The van der Waals surface area contributed by atoms with E-state index in [-0.39, 0.29) is 28.9 Å². The van der Waals surface area contributed by atoms with Crippen molar-refractivity contribution in [3.05, 3.63) is 72.8 Å². The third kappa shape index (κ3) is 4.38. The van der Waals surface area contributed by atoms with Crippen molar-refractivity contribution < 1.29 is 14.0 Å². The second-order valence-electron chi connectivity index (χ2n) is 9.07. The monoisotopic (exact) mass is 408 g/mol. The second kappa shape index (κ2) is 8.68. The third-order valence-electron chi connectivity index (χ3n) is 5.85. The molecule has 4 heteroatoms. The van der Waals surface area contributed by atoms with Gasteiger partial charge >= 0.3 is 5.97 Å². The fourth-order valence-corrected chi connectivity index (χ4v) is 9.04. The zero-order chi connectivity index (χ0) is 21.1. The molecule has 0 unspecified atom stereocenters. The third-order valence-corrected chi connectivity index (χ3v) is 10.9. The van der Waals surface area contributed by atoms with Crippen molar-refractivity contribution >= 4 is 24.7 Å². The molecule has 154 valence electrons. The Labute approximate surface area is 175 Å². The summed E-state index contributed by atoms with van der Waals surface area (Å²) < 4.78 is 12.6. The van der Waals surface area contributed by atoms with E-state index >= 15 is 0 Å². The van der Waals surface area contributed by atoms with E-state index < -0.39 is 8.32 Å². The van der Waals surface area contributed by atoms with E-state index in [9.17, 15) is 4.79 Å². The first-order valence-corrected chi connectivity index (χ1v) is 12.3. The van der Waals surface area contributed by atoms with Crippen LogP contribution < -0.4 is 10.4 Å². The van der Waals surface area contributed by atoms with Crippen LogP contribution in [0.15, 0.2) is 72.8 Å². The molecule has 0 saturated carbocycles. The highest BCUT2D eigenvalue weighted by Gasteiger charge is 2.50. The van der Waals surface area contributed by atoms with Gasteiger partial charge in [-0.2, -0.15) is 0 Å². The fraction of sp³-hybridized carbons (Fsp3) is 0.400. The standard InChI is InChI=1S/C25H32O3Si/c1-19-16-17-23(26)28-24(19)20(2)18-27-29(25(3,4)5,21-12-8-6-9-13-21)22-14-10-7-11-15-22/h6-17,19-20,24H,18H2,1-5H3/t19-,20-,24-/m0/s1. The minimum absolute atomic E-state index is 0.0653. The molecule has 2 aromatic rings. The lowest BCUT2D eigenvalue weighted by Crippen LogP contribution is -2.67. The molecule has 0 radical (unpaired) electrons. The number of rotatable bonds is 6. The number of cyclic esters (lactones) is 1. The largest absolute Gasteiger partial charge is 0.458 e. The van der Waals surface area contributed by atoms with Crippen LogP contribution in [-0.2, 0) is 14.0 Å². The lowest BCUT2D eigenvalue weighted by molar-refractivity contribution is -0.150. The number of carbonyl (C=O) groups is 1. The Morgan fingerprint density at radius 3 is 2.00 bits per heavy atom. The first kappa shape index (κ1) is 21.5. The van der Waals surface area contributed by atoms with Crippen LogP contribution in [0.5, 0.6) is 0 Å². The molecule has 3 atom stereocenters. The molecular weight excluding hydrogens is 376 g/mol. The number of carbonyl (C=O) groups excluding carboxylic acids is 1. The van der Waals surface area contributed by atoms with Crippen LogP contribution in [0.4, 0.5) is 0 Å². The van der Waals surface area contributed by atoms with Gasteiger partial charge in [0.05, 0.1) is 0 Å². The molecule has 0 spiro atoms. The van der Waals surface area contributed by atoms with Gasteiger partial charge in [-0.25, -0.2) is 4.79 Å². The summed E-state index contributed by atoms with van der Waals surface area (Å²) in [5.41, 5.74) is 0. The van der Waals surface area contributed by atoms with Crippen molar-refractivity contribution in [3.63, 3.8) is 0 Å². The first-order chi connectivity index (χ1) is 13.8. The number of ether oxygens (including phenoxy) is 1. The molecule has 0 aromatic heterocycles. The van der Waals surface area contributed by atoms with Crippen molar-refractivity contribution in [3.8, 4) is 0 Å². The van der Waals surface area contributed by atoms with Gasteiger partial charge in [-0.1, -0.05) is 101 Å². The Hall–Kier alpha value is -2.17. The average molecular weight is 409 g/mol. The van der Waals surface area contributed by atoms with Crippen molar-refractivity contribution in [1.29, 1.82) is 0 Å². The number of benzene rings is 2. The SMILES string of the molecule is C[C@H]1C=CC(=O)O[C@@H]1[C@@H](C)CO[Si](c1ccccc1)(c1ccccc1)C(C)(C)C. The maximum atomic E-state index is 11.8. The molecule has 0 saturated heterocycles. The zero-order valence-corrected chi connectivity index (χ0v) is 19.1. The Kier molecular flexibility index (Phi) is 6.44. The van der Waals surface area contributed by atoms with Crippen molar-refractivity contribution in [2.24, 2.45) is 11.8 Å². The number of hydrogen-bond donors (Lipinski definition) is 0. The number of esters is 1. The zero-order valence-electron chi connectivity index (χ0n) is 18.1. The highest BCUT2D eigenvalue weighted by molar-refractivity contribution is 6.99. The van der Waals surface area contributed by atoms with Gasteiger partial charge in [0.2, 0.25) is 0 Å². The predicted octanol–water partition coefficient (Wildman–Crippen LogP) is 4.32. The molecule has 1 heterocycles. The smallest absolute Gasteiger partial charge is 0.330 e. The minimum Gasteiger partial charge on any atom is -0.458 e. The van der Waals surface area contributed by atoms with Crippen LogP contribution in [0.3, 0.4) is 0 Å². The topological polar surface area (TPSA) is 35.5 Å². The summed E-state index contributed by atoms with van der Waals surface area (Å²) in [6.45, 7) is 11.6. The van der Waals surface area contributed by atoms with E-state index in [0.717, 1.165) is 0 Å². The van der Waals surface area contributed by atoms with Gasteiger partial charge in [0, 0.05) is 24.5 Å². The summed E-state index contributed by atoms with van der Waals surface area (Å²) in [5.74, 6) is 0.0244. The Bertz CT molecular complexity index is 800. The van der Waals surface area contributed by atoms with E-state index in [1.165, 1.54) is 16.4 Å². The maximum absolute atomic E-state index is 11.8. The molecule has 0 bridgehead atoms. The Morgan fingerprint density at radius 2 is 1.52 bits per heavy atom. The molecular formula is C25H32O3Si.